The van der Waals surface area contributed by atoms with Crippen molar-refractivity contribution in [2.75, 3.05) is 0 Å². The lowest BCUT2D eigenvalue weighted by molar-refractivity contribution is -0.306. The van der Waals surface area contributed by atoms with Crippen LogP contribution in [-0.4, -0.2) is 11.0 Å². The first kappa shape index (κ1) is 10.3. The Labute approximate surface area is 89.3 Å². The maximum Gasteiger partial charge on any atom is 0.168 e. The molecule has 1 aliphatic heterocycles. The van der Waals surface area contributed by atoms with Gasteiger partial charge in [-0.3, -0.25) is 10.2 Å². The second-order valence-corrected chi connectivity index (χ2v) is 3.88. The minimum Gasteiger partial charge on any atom is -0.254 e. The monoisotopic (exact) mass is 205 g/mol. The molecular weight excluding hydrogens is 190 g/mol. The second-order valence-electron chi connectivity index (χ2n) is 3.88. The maximum atomic E-state index is 9.18. The van der Waals surface area contributed by atoms with Crippen LogP contribution in [0.2, 0.25) is 0 Å². The highest BCUT2D eigenvalue weighted by atomic mass is 17.1. The number of fused-ring (bicyclic) bond motifs is 1. The zero-order chi connectivity index (χ0) is 10.9. The van der Waals surface area contributed by atoms with Gasteiger partial charge >= 0.3 is 0 Å². The van der Waals surface area contributed by atoms with E-state index in [0.29, 0.717) is 0 Å². The molecule has 1 heterocycles. The van der Waals surface area contributed by atoms with E-state index >= 15 is 0 Å². The Morgan fingerprint density at radius 2 is 2.13 bits per heavy atom. The van der Waals surface area contributed by atoms with E-state index in [1.165, 1.54) is 0 Å². The maximum absolute atomic E-state index is 9.18. The standard InChI is InChI=1S/C12H15NO2/c1-3-8-12(15-14)9(2)13-11-7-5-4-6-10(11)12/h4-7,14H,3,8H2,1-2H3. The second kappa shape index (κ2) is 3.76. The summed E-state index contributed by atoms with van der Waals surface area (Å²) in [6.45, 7) is 3.96. The molecule has 80 valence electrons. The zero-order valence-corrected chi connectivity index (χ0v) is 9.03. The summed E-state index contributed by atoms with van der Waals surface area (Å²) in [5.74, 6) is 0. The molecular formula is C12H15NO2. The molecule has 15 heavy (non-hydrogen) atoms. The first-order valence-corrected chi connectivity index (χ1v) is 5.22. The fraction of sp³-hybridized carbons (Fsp3) is 0.417. The van der Waals surface area contributed by atoms with Gasteiger partial charge in [-0.05, 0) is 19.4 Å². The summed E-state index contributed by atoms with van der Waals surface area (Å²) in [5, 5.41) is 9.18. The highest BCUT2D eigenvalue weighted by Crippen LogP contribution is 2.43. The van der Waals surface area contributed by atoms with Crippen LogP contribution in [0.1, 0.15) is 32.3 Å². The van der Waals surface area contributed by atoms with Crippen molar-refractivity contribution in [3.63, 3.8) is 0 Å². The first-order chi connectivity index (χ1) is 7.24. The molecule has 2 rings (SSSR count). The number of para-hydroxylation sites is 1. The van der Waals surface area contributed by atoms with Crippen molar-refractivity contribution in [1.29, 1.82) is 0 Å². The van der Waals surface area contributed by atoms with Crippen molar-refractivity contribution in [3.8, 4) is 0 Å². The lowest BCUT2D eigenvalue weighted by Crippen LogP contribution is -2.33. The average Bonchev–Trinajstić information content (AvgIpc) is 2.53. The highest BCUT2D eigenvalue weighted by molar-refractivity contribution is 5.98. The van der Waals surface area contributed by atoms with Gasteiger partial charge in [0.05, 0.1) is 11.4 Å². The SMILES string of the molecule is CCCC1(OO)C(C)=Nc2ccccc21. The summed E-state index contributed by atoms with van der Waals surface area (Å²) in [7, 11) is 0. The number of benzene rings is 1. The van der Waals surface area contributed by atoms with Gasteiger partial charge in [0.1, 0.15) is 0 Å². The summed E-state index contributed by atoms with van der Waals surface area (Å²) >= 11 is 0. The summed E-state index contributed by atoms with van der Waals surface area (Å²) in [6.07, 6.45) is 1.68. The van der Waals surface area contributed by atoms with E-state index in [9.17, 15) is 5.26 Å². The van der Waals surface area contributed by atoms with E-state index in [0.717, 1.165) is 29.8 Å². The fourth-order valence-electron chi connectivity index (χ4n) is 2.21. The lowest BCUT2D eigenvalue weighted by atomic mass is 9.87. The highest BCUT2D eigenvalue weighted by Gasteiger charge is 2.42. The Morgan fingerprint density at radius 3 is 2.80 bits per heavy atom. The molecule has 3 heteroatoms. The fourth-order valence-corrected chi connectivity index (χ4v) is 2.21. The van der Waals surface area contributed by atoms with Crippen LogP contribution in [0.15, 0.2) is 29.3 Å². The Kier molecular flexibility index (Phi) is 2.59. The zero-order valence-electron chi connectivity index (χ0n) is 9.03. The third-order valence-corrected chi connectivity index (χ3v) is 2.97. The molecule has 1 unspecified atom stereocenters. The lowest BCUT2D eigenvalue weighted by Gasteiger charge is -2.26. The largest absolute Gasteiger partial charge is 0.254 e. The molecule has 0 amide bonds. The Balaban J connectivity index is 2.53. The molecule has 3 nitrogen and oxygen atoms in total. The van der Waals surface area contributed by atoms with Crippen LogP contribution in [-0.2, 0) is 10.5 Å². The van der Waals surface area contributed by atoms with Crippen LogP contribution in [0.5, 0.6) is 0 Å². The van der Waals surface area contributed by atoms with Gasteiger partial charge < -0.3 is 0 Å². The number of rotatable bonds is 3. The quantitative estimate of drug-likeness (QED) is 0.607. The molecule has 0 spiro atoms. The third-order valence-electron chi connectivity index (χ3n) is 2.97. The van der Waals surface area contributed by atoms with Crippen molar-refractivity contribution in [2.24, 2.45) is 4.99 Å². The van der Waals surface area contributed by atoms with Gasteiger partial charge in [-0.1, -0.05) is 31.5 Å². The van der Waals surface area contributed by atoms with E-state index in [4.69, 9.17) is 4.89 Å². The molecule has 0 radical (unpaired) electrons. The normalized spacial score (nSPS) is 23.8. The van der Waals surface area contributed by atoms with Crippen molar-refractivity contribution < 1.29 is 10.1 Å². The van der Waals surface area contributed by atoms with E-state index < -0.39 is 5.60 Å². The minimum absolute atomic E-state index is 0.717. The van der Waals surface area contributed by atoms with Crippen molar-refractivity contribution in [1.82, 2.24) is 0 Å². The van der Waals surface area contributed by atoms with Crippen LogP contribution >= 0.6 is 0 Å². The molecule has 0 aliphatic carbocycles. The number of hydrogen-bond acceptors (Lipinski definition) is 3. The van der Waals surface area contributed by atoms with E-state index in [1.807, 2.05) is 31.2 Å². The Hall–Kier alpha value is -1.19. The third kappa shape index (κ3) is 1.39. The first-order valence-electron chi connectivity index (χ1n) is 5.22. The predicted molar refractivity (Wildman–Crippen MR) is 59.5 cm³/mol. The van der Waals surface area contributed by atoms with Crippen LogP contribution in [0.3, 0.4) is 0 Å². The minimum atomic E-state index is -0.717. The average molecular weight is 205 g/mol. The van der Waals surface area contributed by atoms with Crippen LogP contribution in [0.25, 0.3) is 0 Å². The van der Waals surface area contributed by atoms with Gasteiger partial charge in [0.2, 0.25) is 0 Å². The Morgan fingerprint density at radius 1 is 1.40 bits per heavy atom. The topological polar surface area (TPSA) is 41.8 Å². The molecule has 0 saturated carbocycles. The van der Waals surface area contributed by atoms with Gasteiger partial charge in [-0.25, -0.2) is 4.89 Å². The predicted octanol–water partition coefficient (Wildman–Crippen LogP) is 3.28. The van der Waals surface area contributed by atoms with Crippen molar-refractivity contribution in [2.45, 2.75) is 32.3 Å². The van der Waals surface area contributed by atoms with Gasteiger partial charge in [0, 0.05) is 5.56 Å². The summed E-state index contributed by atoms with van der Waals surface area (Å²) < 4.78 is 0. The summed E-state index contributed by atoms with van der Waals surface area (Å²) in [4.78, 5) is 9.17. The number of hydrogen-bond donors (Lipinski definition) is 1. The van der Waals surface area contributed by atoms with Gasteiger partial charge in [-0.2, -0.15) is 0 Å². The molecule has 0 aromatic heterocycles. The molecule has 1 aromatic carbocycles. The molecule has 0 bridgehead atoms. The van der Waals surface area contributed by atoms with Crippen LogP contribution < -0.4 is 0 Å². The molecule has 1 atom stereocenters. The van der Waals surface area contributed by atoms with Crippen molar-refractivity contribution >= 4 is 11.4 Å². The Bertz CT molecular complexity index is 400. The molecule has 1 aromatic rings. The van der Waals surface area contributed by atoms with Crippen LogP contribution in [0.4, 0.5) is 5.69 Å². The van der Waals surface area contributed by atoms with E-state index in [2.05, 4.69) is 11.9 Å². The van der Waals surface area contributed by atoms with Crippen molar-refractivity contribution in [3.05, 3.63) is 29.8 Å². The van der Waals surface area contributed by atoms with Gasteiger partial charge in [0.25, 0.3) is 0 Å². The molecule has 1 aliphatic rings. The molecule has 0 saturated heterocycles. The molecule has 1 N–H and O–H groups in total. The van der Waals surface area contributed by atoms with E-state index in [-0.39, 0.29) is 0 Å². The summed E-state index contributed by atoms with van der Waals surface area (Å²) in [6, 6.07) is 7.78. The smallest absolute Gasteiger partial charge is 0.168 e. The van der Waals surface area contributed by atoms with Gasteiger partial charge in [-0.15, -0.1) is 0 Å². The van der Waals surface area contributed by atoms with Crippen LogP contribution in [0, 0.1) is 0 Å². The number of aliphatic imine (C=N–C) groups is 1. The summed E-state index contributed by atoms with van der Waals surface area (Å²) in [5.41, 5.74) is 1.98. The number of nitrogens with zero attached hydrogens (tertiary/aromatic N) is 1. The molecule has 0 fully saturated rings. The van der Waals surface area contributed by atoms with Gasteiger partial charge in [0.15, 0.2) is 5.60 Å². The van der Waals surface area contributed by atoms with E-state index in [1.54, 1.807) is 0 Å².